The van der Waals surface area contributed by atoms with E-state index >= 15 is 0 Å². The van der Waals surface area contributed by atoms with Crippen LogP contribution >= 0.6 is 0 Å². The number of nitrogens with zero attached hydrogens (tertiary/aromatic N) is 1. The number of rotatable bonds is 6. The number of hydrogen-bond acceptors (Lipinski definition) is 2. The van der Waals surface area contributed by atoms with Gasteiger partial charge in [0.05, 0.1) is 11.4 Å². The van der Waals surface area contributed by atoms with Gasteiger partial charge in [0, 0.05) is 23.2 Å². The molecule has 0 aliphatic carbocycles. The van der Waals surface area contributed by atoms with Crippen LogP contribution in [0.4, 0.5) is 10.1 Å². The second-order valence-electron chi connectivity index (χ2n) is 7.03. The molecule has 0 aliphatic rings. The van der Waals surface area contributed by atoms with Crippen molar-refractivity contribution in [2.45, 2.75) is 12.8 Å². The maximum Gasteiger partial charge on any atom is 0.224 e. The molecule has 148 valence electrons. The predicted octanol–water partition coefficient (Wildman–Crippen LogP) is 6.13. The zero-order valence-corrected chi connectivity index (χ0v) is 16.4. The number of halogens is 1. The summed E-state index contributed by atoms with van der Waals surface area (Å²) in [4.78, 5) is 17.0. The number of amides is 1. The lowest BCUT2D eigenvalue weighted by Gasteiger charge is -2.09. The first kappa shape index (κ1) is 19.5. The monoisotopic (exact) mass is 396 g/mol. The number of pyridine rings is 1. The van der Waals surface area contributed by atoms with Gasteiger partial charge >= 0.3 is 0 Å². The van der Waals surface area contributed by atoms with Crippen LogP contribution in [-0.2, 0) is 11.2 Å². The third kappa shape index (κ3) is 4.97. The van der Waals surface area contributed by atoms with Crippen LogP contribution in [0, 0.1) is 5.82 Å². The standard InChI is InChI=1S/C26H21FN2O/c27-22-15-13-20(14-16-22)24-10-5-11-25(29-24)21-8-4-9-23(18-21)28-26(30)17-12-19-6-2-1-3-7-19/h1-11,13-16,18H,12,17H2,(H,28,30). The smallest absolute Gasteiger partial charge is 0.224 e. The second kappa shape index (κ2) is 9.14. The molecule has 1 heterocycles. The SMILES string of the molecule is O=C(CCc1ccccc1)Nc1cccc(-c2cccc(-c3ccc(F)cc3)n2)c1. The summed E-state index contributed by atoms with van der Waals surface area (Å²) in [6.07, 6.45) is 1.13. The van der Waals surface area contributed by atoms with Crippen molar-refractivity contribution in [3.8, 4) is 22.5 Å². The molecule has 0 saturated heterocycles. The van der Waals surface area contributed by atoms with Crippen molar-refractivity contribution >= 4 is 11.6 Å². The molecule has 3 aromatic carbocycles. The molecular formula is C26H21FN2O. The molecule has 0 spiro atoms. The number of nitrogens with one attached hydrogen (secondary N) is 1. The maximum absolute atomic E-state index is 13.2. The molecule has 4 aromatic rings. The first-order valence-corrected chi connectivity index (χ1v) is 9.84. The van der Waals surface area contributed by atoms with Crippen LogP contribution in [0.5, 0.6) is 0 Å². The van der Waals surface area contributed by atoms with Crippen molar-refractivity contribution in [3.63, 3.8) is 0 Å². The van der Waals surface area contributed by atoms with E-state index in [0.29, 0.717) is 12.8 Å². The van der Waals surface area contributed by atoms with Crippen LogP contribution in [0.1, 0.15) is 12.0 Å². The van der Waals surface area contributed by atoms with Gasteiger partial charge in [-0.05, 0) is 60.5 Å². The van der Waals surface area contributed by atoms with Gasteiger partial charge in [-0.25, -0.2) is 9.37 Å². The van der Waals surface area contributed by atoms with Crippen molar-refractivity contribution < 1.29 is 9.18 Å². The molecule has 0 saturated carbocycles. The highest BCUT2D eigenvalue weighted by Crippen LogP contribution is 2.25. The molecule has 1 N–H and O–H groups in total. The van der Waals surface area contributed by atoms with Crippen molar-refractivity contribution in [2.24, 2.45) is 0 Å². The van der Waals surface area contributed by atoms with Gasteiger partial charge in [-0.15, -0.1) is 0 Å². The van der Waals surface area contributed by atoms with E-state index in [0.717, 1.165) is 33.8 Å². The predicted molar refractivity (Wildman–Crippen MR) is 118 cm³/mol. The summed E-state index contributed by atoms with van der Waals surface area (Å²) in [5, 5.41) is 2.97. The van der Waals surface area contributed by atoms with Gasteiger partial charge in [-0.3, -0.25) is 4.79 Å². The molecule has 0 bridgehead atoms. The Balaban J connectivity index is 1.47. The lowest BCUT2D eigenvalue weighted by atomic mass is 10.1. The Morgan fingerprint density at radius 2 is 1.47 bits per heavy atom. The molecular weight excluding hydrogens is 375 g/mol. The number of carbonyl (C=O) groups excluding carboxylic acids is 1. The number of hydrogen-bond donors (Lipinski definition) is 1. The van der Waals surface area contributed by atoms with Crippen molar-refractivity contribution in [3.05, 3.63) is 108 Å². The molecule has 1 aromatic heterocycles. The second-order valence-corrected chi connectivity index (χ2v) is 7.03. The Bertz CT molecular complexity index is 1140. The van der Waals surface area contributed by atoms with E-state index in [9.17, 15) is 9.18 Å². The van der Waals surface area contributed by atoms with Crippen LogP contribution < -0.4 is 5.32 Å². The number of aryl methyl sites for hydroxylation is 1. The number of benzene rings is 3. The molecule has 4 heteroatoms. The number of anilines is 1. The van der Waals surface area contributed by atoms with Crippen molar-refractivity contribution in [2.75, 3.05) is 5.32 Å². The summed E-state index contributed by atoms with van der Waals surface area (Å²) >= 11 is 0. The summed E-state index contributed by atoms with van der Waals surface area (Å²) in [5.74, 6) is -0.297. The van der Waals surface area contributed by atoms with Gasteiger partial charge < -0.3 is 5.32 Å². The topological polar surface area (TPSA) is 42.0 Å². The summed E-state index contributed by atoms with van der Waals surface area (Å²) < 4.78 is 13.2. The molecule has 0 aliphatic heterocycles. The molecule has 0 fully saturated rings. The largest absolute Gasteiger partial charge is 0.326 e. The average Bonchev–Trinajstić information content (AvgIpc) is 2.79. The molecule has 4 rings (SSSR count). The summed E-state index contributed by atoms with van der Waals surface area (Å²) in [7, 11) is 0. The molecule has 0 radical (unpaired) electrons. The molecule has 30 heavy (non-hydrogen) atoms. The van der Waals surface area contributed by atoms with Gasteiger partial charge in [0.1, 0.15) is 5.82 Å². The summed E-state index contributed by atoms with van der Waals surface area (Å²) in [5.41, 5.74) is 5.19. The van der Waals surface area contributed by atoms with E-state index in [2.05, 4.69) is 5.32 Å². The van der Waals surface area contributed by atoms with Crippen molar-refractivity contribution in [1.82, 2.24) is 4.98 Å². The number of carbonyl (C=O) groups is 1. The summed E-state index contributed by atoms with van der Waals surface area (Å²) in [6, 6.07) is 29.6. The van der Waals surface area contributed by atoms with E-state index in [1.807, 2.05) is 72.8 Å². The number of aromatic nitrogens is 1. The summed E-state index contributed by atoms with van der Waals surface area (Å²) in [6.45, 7) is 0. The van der Waals surface area contributed by atoms with Gasteiger partial charge in [0.15, 0.2) is 0 Å². The Morgan fingerprint density at radius 1 is 0.767 bits per heavy atom. The molecule has 0 atom stereocenters. The minimum absolute atomic E-state index is 0.0241. The molecule has 3 nitrogen and oxygen atoms in total. The van der Waals surface area contributed by atoms with Gasteiger partial charge in [-0.1, -0.05) is 48.5 Å². The van der Waals surface area contributed by atoms with Crippen LogP contribution in [0.25, 0.3) is 22.5 Å². The third-order valence-electron chi connectivity index (χ3n) is 4.81. The maximum atomic E-state index is 13.2. The Labute approximate surface area is 175 Å². The minimum atomic E-state index is -0.273. The Hall–Kier alpha value is -3.79. The first-order chi connectivity index (χ1) is 14.7. The van der Waals surface area contributed by atoms with Crippen LogP contribution in [0.15, 0.2) is 97.1 Å². The molecule has 1 amide bonds. The fourth-order valence-electron chi connectivity index (χ4n) is 3.26. The van der Waals surface area contributed by atoms with Crippen LogP contribution in [-0.4, -0.2) is 10.9 Å². The van der Waals surface area contributed by atoms with E-state index < -0.39 is 0 Å². The lowest BCUT2D eigenvalue weighted by molar-refractivity contribution is -0.116. The fourth-order valence-corrected chi connectivity index (χ4v) is 3.26. The third-order valence-corrected chi connectivity index (χ3v) is 4.81. The van der Waals surface area contributed by atoms with Gasteiger partial charge in [-0.2, -0.15) is 0 Å². The highest BCUT2D eigenvalue weighted by Gasteiger charge is 2.07. The Morgan fingerprint density at radius 3 is 2.23 bits per heavy atom. The average molecular weight is 396 g/mol. The lowest BCUT2D eigenvalue weighted by Crippen LogP contribution is -2.12. The van der Waals surface area contributed by atoms with Gasteiger partial charge in [0.2, 0.25) is 5.91 Å². The Kier molecular flexibility index (Phi) is 5.95. The van der Waals surface area contributed by atoms with Crippen LogP contribution in [0.3, 0.4) is 0 Å². The quantitative estimate of drug-likeness (QED) is 0.426. The highest BCUT2D eigenvalue weighted by molar-refractivity contribution is 5.91. The first-order valence-electron chi connectivity index (χ1n) is 9.84. The van der Waals surface area contributed by atoms with Gasteiger partial charge in [0.25, 0.3) is 0 Å². The van der Waals surface area contributed by atoms with E-state index in [1.165, 1.54) is 12.1 Å². The van der Waals surface area contributed by atoms with Crippen molar-refractivity contribution in [1.29, 1.82) is 0 Å². The highest BCUT2D eigenvalue weighted by atomic mass is 19.1. The van der Waals surface area contributed by atoms with Crippen LogP contribution in [0.2, 0.25) is 0 Å². The van der Waals surface area contributed by atoms with E-state index in [1.54, 1.807) is 12.1 Å². The van der Waals surface area contributed by atoms with E-state index in [-0.39, 0.29) is 11.7 Å². The fraction of sp³-hybridized carbons (Fsp3) is 0.0769. The van der Waals surface area contributed by atoms with E-state index in [4.69, 9.17) is 4.98 Å². The molecule has 0 unspecified atom stereocenters. The zero-order valence-electron chi connectivity index (χ0n) is 16.4. The minimum Gasteiger partial charge on any atom is -0.326 e. The zero-order chi connectivity index (χ0) is 20.8. The normalized spacial score (nSPS) is 10.6.